The van der Waals surface area contributed by atoms with Crippen LogP contribution in [0.1, 0.15) is 16.0 Å². The van der Waals surface area contributed by atoms with Crippen molar-refractivity contribution in [3.8, 4) is 0 Å². The van der Waals surface area contributed by atoms with E-state index in [2.05, 4.69) is 13.0 Å². The molecule has 0 fully saturated rings. The Balaban J connectivity index is 1.84. The van der Waals surface area contributed by atoms with E-state index in [-0.39, 0.29) is 6.09 Å². The maximum absolute atomic E-state index is 11.9. The summed E-state index contributed by atoms with van der Waals surface area (Å²) >= 11 is 1.66. The Morgan fingerprint density at radius 2 is 2.00 bits per heavy atom. The summed E-state index contributed by atoms with van der Waals surface area (Å²) in [6, 6.07) is 11.7. The lowest BCUT2D eigenvalue weighted by atomic mass is 10.2. The highest BCUT2D eigenvalue weighted by molar-refractivity contribution is 7.10. The van der Waals surface area contributed by atoms with E-state index < -0.39 is 0 Å². The second-order valence-corrected chi connectivity index (χ2v) is 5.42. The fourth-order valence-corrected chi connectivity index (χ4v) is 2.63. The summed E-state index contributed by atoms with van der Waals surface area (Å²) in [5.41, 5.74) is 2.21. The molecule has 1 heterocycles. The lowest BCUT2D eigenvalue weighted by Crippen LogP contribution is -2.26. The standard InChI is InChI=1S/C15H17NO2S/c1-12-8-9-19-14(12)10-16(2)15(17)18-11-13-6-4-3-5-7-13/h3-9H,10-11H2,1-2H3. The first-order valence-electron chi connectivity index (χ1n) is 6.11. The molecule has 0 N–H and O–H groups in total. The number of hydrogen-bond acceptors (Lipinski definition) is 3. The van der Waals surface area contributed by atoms with E-state index in [1.807, 2.05) is 35.7 Å². The van der Waals surface area contributed by atoms with E-state index in [1.165, 1.54) is 10.4 Å². The molecule has 0 spiro atoms. The topological polar surface area (TPSA) is 29.5 Å². The van der Waals surface area contributed by atoms with E-state index in [1.54, 1.807) is 23.3 Å². The lowest BCUT2D eigenvalue weighted by Gasteiger charge is -2.16. The zero-order chi connectivity index (χ0) is 13.7. The molecule has 0 aliphatic carbocycles. The van der Waals surface area contributed by atoms with E-state index in [9.17, 15) is 4.79 Å². The van der Waals surface area contributed by atoms with Crippen LogP contribution in [0.3, 0.4) is 0 Å². The molecule has 0 atom stereocenters. The molecule has 100 valence electrons. The smallest absolute Gasteiger partial charge is 0.410 e. The quantitative estimate of drug-likeness (QED) is 0.848. The van der Waals surface area contributed by atoms with Gasteiger partial charge in [-0.2, -0.15) is 0 Å². The van der Waals surface area contributed by atoms with Crippen LogP contribution in [0.4, 0.5) is 4.79 Å². The van der Waals surface area contributed by atoms with Crippen molar-refractivity contribution in [2.75, 3.05) is 7.05 Å². The lowest BCUT2D eigenvalue weighted by molar-refractivity contribution is 0.103. The van der Waals surface area contributed by atoms with Crippen LogP contribution in [0, 0.1) is 6.92 Å². The molecule has 1 aromatic carbocycles. The number of benzene rings is 1. The van der Waals surface area contributed by atoms with Crippen molar-refractivity contribution in [3.63, 3.8) is 0 Å². The normalized spacial score (nSPS) is 10.2. The molecule has 0 saturated carbocycles. The summed E-state index contributed by atoms with van der Waals surface area (Å²) in [6.07, 6.45) is -0.295. The highest BCUT2D eigenvalue weighted by Gasteiger charge is 2.12. The van der Waals surface area contributed by atoms with Gasteiger partial charge in [0, 0.05) is 11.9 Å². The van der Waals surface area contributed by atoms with Gasteiger partial charge in [-0.05, 0) is 29.5 Å². The number of ether oxygens (including phenoxy) is 1. The predicted molar refractivity (Wildman–Crippen MR) is 77.2 cm³/mol. The second kappa shape index (κ2) is 6.38. The SMILES string of the molecule is Cc1ccsc1CN(C)C(=O)OCc1ccccc1. The van der Waals surface area contributed by atoms with Crippen molar-refractivity contribution >= 4 is 17.4 Å². The third-order valence-corrected chi connectivity index (χ3v) is 3.87. The van der Waals surface area contributed by atoms with Crippen LogP contribution in [0.15, 0.2) is 41.8 Å². The highest BCUT2D eigenvalue weighted by atomic mass is 32.1. The largest absolute Gasteiger partial charge is 0.445 e. The number of amides is 1. The average Bonchev–Trinajstić information content (AvgIpc) is 2.82. The maximum Gasteiger partial charge on any atom is 0.410 e. The zero-order valence-electron chi connectivity index (χ0n) is 11.1. The van der Waals surface area contributed by atoms with Gasteiger partial charge in [0.05, 0.1) is 6.54 Å². The Labute approximate surface area is 117 Å². The van der Waals surface area contributed by atoms with Gasteiger partial charge in [-0.25, -0.2) is 4.79 Å². The van der Waals surface area contributed by atoms with Crippen molar-refractivity contribution in [2.45, 2.75) is 20.1 Å². The molecular weight excluding hydrogens is 258 g/mol. The van der Waals surface area contributed by atoms with Crippen LogP contribution < -0.4 is 0 Å². The van der Waals surface area contributed by atoms with Crippen LogP contribution in [-0.4, -0.2) is 18.0 Å². The Morgan fingerprint density at radius 1 is 1.26 bits per heavy atom. The van der Waals surface area contributed by atoms with Gasteiger partial charge >= 0.3 is 6.09 Å². The Hall–Kier alpha value is -1.81. The summed E-state index contributed by atoms with van der Waals surface area (Å²) in [5.74, 6) is 0. The van der Waals surface area contributed by atoms with Crippen molar-refractivity contribution in [1.82, 2.24) is 4.90 Å². The first-order valence-corrected chi connectivity index (χ1v) is 6.99. The first-order chi connectivity index (χ1) is 9.16. The summed E-state index contributed by atoms with van der Waals surface area (Å²) in [6.45, 7) is 2.96. The molecule has 0 bridgehead atoms. The molecule has 2 rings (SSSR count). The summed E-state index contributed by atoms with van der Waals surface area (Å²) in [7, 11) is 1.76. The molecule has 0 aliphatic heterocycles. The highest BCUT2D eigenvalue weighted by Crippen LogP contribution is 2.17. The van der Waals surface area contributed by atoms with Crippen molar-refractivity contribution < 1.29 is 9.53 Å². The number of hydrogen-bond donors (Lipinski definition) is 0. The molecule has 1 aromatic heterocycles. The summed E-state index contributed by atoms with van der Waals surface area (Å²) in [5, 5.41) is 2.04. The minimum Gasteiger partial charge on any atom is -0.445 e. The molecule has 3 nitrogen and oxygen atoms in total. The Bertz CT molecular complexity index is 536. The number of rotatable bonds is 4. The van der Waals surface area contributed by atoms with Gasteiger partial charge in [0.2, 0.25) is 0 Å². The minimum absolute atomic E-state index is 0.295. The van der Waals surface area contributed by atoms with E-state index in [4.69, 9.17) is 4.74 Å². The number of thiophene rings is 1. The average molecular weight is 275 g/mol. The second-order valence-electron chi connectivity index (χ2n) is 4.42. The number of carbonyl (C=O) groups is 1. The van der Waals surface area contributed by atoms with Gasteiger partial charge in [0.15, 0.2) is 0 Å². The Morgan fingerprint density at radius 3 is 2.63 bits per heavy atom. The van der Waals surface area contributed by atoms with Crippen LogP contribution >= 0.6 is 11.3 Å². The van der Waals surface area contributed by atoms with Gasteiger partial charge in [0.1, 0.15) is 6.61 Å². The summed E-state index contributed by atoms with van der Waals surface area (Å²) in [4.78, 5) is 14.7. The van der Waals surface area contributed by atoms with E-state index >= 15 is 0 Å². The van der Waals surface area contributed by atoms with E-state index in [0.717, 1.165) is 5.56 Å². The fraction of sp³-hybridized carbons (Fsp3) is 0.267. The molecule has 0 aliphatic rings. The van der Waals surface area contributed by atoms with Crippen molar-refractivity contribution in [3.05, 3.63) is 57.8 Å². The zero-order valence-corrected chi connectivity index (χ0v) is 11.9. The molecule has 0 radical (unpaired) electrons. The number of aryl methyl sites for hydroxylation is 1. The number of nitrogens with zero attached hydrogens (tertiary/aromatic N) is 1. The van der Waals surface area contributed by atoms with Crippen LogP contribution in [-0.2, 0) is 17.9 Å². The third-order valence-electron chi connectivity index (χ3n) is 2.87. The van der Waals surface area contributed by atoms with Gasteiger partial charge in [-0.15, -0.1) is 11.3 Å². The molecule has 4 heteroatoms. The van der Waals surface area contributed by atoms with Crippen LogP contribution in [0.5, 0.6) is 0 Å². The van der Waals surface area contributed by atoms with Gasteiger partial charge in [-0.3, -0.25) is 0 Å². The first kappa shape index (κ1) is 13.6. The molecule has 1 amide bonds. The fourth-order valence-electron chi connectivity index (χ4n) is 1.68. The number of carbonyl (C=O) groups excluding carboxylic acids is 1. The molecule has 2 aromatic rings. The van der Waals surface area contributed by atoms with Crippen LogP contribution in [0.2, 0.25) is 0 Å². The molecule has 19 heavy (non-hydrogen) atoms. The third kappa shape index (κ3) is 3.83. The predicted octanol–water partition coefficient (Wildman–Crippen LogP) is 3.83. The molecule has 0 saturated heterocycles. The van der Waals surface area contributed by atoms with Gasteiger partial charge < -0.3 is 9.64 Å². The van der Waals surface area contributed by atoms with Crippen molar-refractivity contribution in [1.29, 1.82) is 0 Å². The Kier molecular flexibility index (Phi) is 4.58. The molecule has 0 unspecified atom stereocenters. The van der Waals surface area contributed by atoms with Crippen molar-refractivity contribution in [2.24, 2.45) is 0 Å². The summed E-state index contributed by atoms with van der Waals surface area (Å²) < 4.78 is 5.27. The van der Waals surface area contributed by atoms with Crippen LogP contribution in [0.25, 0.3) is 0 Å². The minimum atomic E-state index is -0.295. The van der Waals surface area contributed by atoms with Gasteiger partial charge in [-0.1, -0.05) is 30.3 Å². The maximum atomic E-state index is 11.9. The van der Waals surface area contributed by atoms with E-state index in [0.29, 0.717) is 13.2 Å². The monoisotopic (exact) mass is 275 g/mol. The van der Waals surface area contributed by atoms with Gasteiger partial charge in [0.25, 0.3) is 0 Å². The molecular formula is C15H17NO2S.